The topological polar surface area (TPSA) is 29.3 Å². The van der Waals surface area contributed by atoms with Gasteiger partial charge in [0.05, 0.1) is 0 Å². The van der Waals surface area contributed by atoms with Crippen LogP contribution in [-0.4, -0.2) is 36.8 Å². The van der Waals surface area contributed by atoms with Crippen LogP contribution in [0.3, 0.4) is 0 Å². The predicted octanol–water partition coefficient (Wildman–Crippen LogP) is 0.197. The summed E-state index contributed by atoms with van der Waals surface area (Å²) in [5, 5.41) is 0. The van der Waals surface area contributed by atoms with E-state index < -0.39 is 0 Å². The molecule has 0 aromatic rings. The molecule has 60 valence electrons. The molecule has 0 amide bonds. The first kappa shape index (κ1) is 8.37. The van der Waals surface area contributed by atoms with E-state index in [1.807, 2.05) is 0 Å². The molecule has 1 saturated heterocycles. The van der Waals surface area contributed by atoms with Crippen LogP contribution in [0.5, 0.6) is 0 Å². The summed E-state index contributed by atoms with van der Waals surface area (Å²) >= 11 is 4.18. The SMILES string of the molecule is NCC1CCN(CCS)C1. The minimum absolute atomic E-state index is 0.750. The van der Waals surface area contributed by atoms with Gasteiger partial charge in [-0.3, -0.25) is 0 Å². The molecule has 1 heterocycles. The number of hydrogen-bond acceptors (Lipinski definition) is 3. The Morgan fingerprint density at radius 3 is 2.90 bits per heavy atom. The van der Waals surface area contributed by atoms with E-state index in [1.165, 1.54) is 19.5 Å². The summed E-state index contributed by atoms with van der Waals surface area (Å²) in [6.45, 7) is 4.39. The number of nitrogens with zero attached hydrogens (tertiary/aromatic N) is 1. The maximum atomic E-state index is 5.55. The van der Waals surface area contributed by atoms with Gasteiger partial charge in [-0.15, -0.1) is 0 Å². The minimum atomic E-state index is 0.750. The van der Waals surface area contributed by atoms with E-state index in [0.29, 0.717) is 0 Å². The lowest BCUT2D eigenvalue weighted by molar-refractivity contribution is 0.347. The zero-order valence-electron chi connectivity index (χ0n) is 6.29. The molecule has 3 heteroatoms. The van der Waals surface area contributed by atoms with Crippen LogP contribution >= 0.6 is 12.6 Å². The third-order valence-corrected chi connectivity index (χ3v) is 2.32. The molecule has 2 nitrogen and oxygen atoms in total. The van der Waals surface area contributed by atoms with Gasteiger partial charge in [0.1, 0.15) is 0 Å². The van der Waals surface area contributed by atoms with Crippen LogP contribution < -0.4 is 5.73 Å². The van der Waals surface area contributed by atoms with Gasteiger partial charge in [-0.05, 0) is 25.4 Å². The highest BCUT2D eigenvalue weighted by atomic mass is 32.1. The first-order valence-electron chi connectivity index (χ1n) is 3.90. The maximum Gasteiger partial charge on any atom is 0.00700 e. The standard InChI is InChI=1S/C7H16N2S/c8-5-7-1-2-9(6-7)3-4-10/h7,10H,1-6,8H2. The summed E-state index contributed by atoms with van der Waals surface area (Å²) in [5.41, 5.74) is 5.55. The molecule has 1 aliphatic rings. The molecule has 2 N–H and O–H groups in total. The monoisotopic (exact) mass is 160 g/mol. The molecule has 0 saturated carbocycles. The maximum absolute atomic E-state index is 5.55. The fraction of sp³-hybridized carbons (Fsp3) is 1.00. The molecule has 0 radical (unpaired) electrons. The fourth-order valence-electron chi connectivity index (χ4n) is 1.45. The van der Waals surface area contributed by atoms with Gasteiger partial charge in [0.2, 0.25) is 0 Å². The molecule has 10 heavy (non-hydrogen) atoms. The van der Waals surface area contributed by atoms with Crippen LogP contribution in [0.25, 0.3) is 0 Å². The first-order chi connectivity index (χ1) is 4.86. The van der Waals surface area contributed by atoms with Gasteiger partial charge >= 0.3 is 0 Å². The van der Waals surface area contributed by atoms with Crippen LogP contribution in [-0.2, 0) is 0 Å². The summed E-state index contributed by atoms with van der Waals surface area (Å²) in [6.07, 6.45) is 1.28. The van der Waals surface area contributed by atoms with Crippen LogP contribution in [0.2, 0.25) is 0 Å². The Kier molecular flexibility index (Phi) is 3.52. The zero-order valence-corrected chi connectivity index (χ0v) is 7.19. The lowest BCUT2D eigenvalue weighted by Crippen LogP contribution is -2.24. The highest BCUT2D eigenvalue weighted by molar-refractivity contribution is 7.80. The van der Waals surface area contributed by atoms with Gasteiger partial charge < -0.3 is 10.6 Å². The van der Waals surface area contributed by atoms with E-state index in [-0.39, 0.29) is 0 Å². The minimum Gasteiger partial charge on any atom is -0.330 e. The van der Waals surface area contributed by atoms with Crippen molar-refractivity contribution in [3.05, 3.63) is 0 Å². The molecule has 0 aromatic carbocycles. The zero-order chi connectivity index (χ0) is 7.40. The summed E-state index contributed by atoms with van der Waals surface area (Å²) in [6, 6.07) is 0. The third kappa shape index (κ3) is 2.15. The second kappa shape index (κ2) is 4.21. The van der Waals surface area contributed by atoms with Gasteiger partial charge in [-0.1, -0.05) is 0 Å². The van der Waals surface area contributed by atoms with Gasteiger partial charge in [0.15, 0.2) is 0 Å². The lowest BCUT2D eigenvalue weighted by Gasteiger charge is -2.12. The van der Waals surface area contributed by atoms with Crippen molar-refractivity contribution >= 4 is 12.6 Å². The second-order valence-corrected chi connectivity index (χ2v) is 3.36. The molecule has 0 bridgehead atoms. The molecular formula is C7H16N2S. The summed E-state index contributed by atoms with van der Waals surface area (Å²) < 4.78 is 0. The Bertz CT molecular complexity index is 97.6. The Morgan fingerprint density at radius 1 is 1.60 bits per heavy atom. The van der Waals surface area contributed by atoms with E-state index in [4.69, 9.17) is 5.73 Å². The van der Waals surface area contributed by atoms with Crippen molar-refractivity contribution < 1.29 is 0 Å². The Labute approximate surface area is 68.2 Å². The van der Waals surface area contributed by atoms with E-state index in [1.54, 1.807) is 0 Å². The van der Waals surface area contributed by atoms with Gasteiger partial charge in [0, 0.05) is 18.8 Å². The lowest BCUT2D eigenvalue weighted by atomic mass is 10.1. The summed E-state index contributed by atoms with van der Waals surface area (Å²) in [5.74, 6) is 1.72. The van der Waals surface area contributed by atoms with Crippen LogP contribution in [0.4, 0.5) is 0 Å². The van der Waals surface area contributed by atoms with Crippen molar-refractivity contribution in [3.63, 3.8) is 0 Å². The normalized spacial score (nSPS) is 27.6. The van der Waals surface area contributed by atoms with Crippen molar-refractivity contribution in [2.75, 3.05) is 31.9 Å². The van der Waals surface area contributed by atoms with Crippen molar-refractivity contribution in [2.24, 2.45) is 11.7 Å². The number of nitrogens with two attached hydrogens (primary N) is 1. The number of rotatable bonds is 3. The van der Waals surface area contributed by atoms with E-state index >= 15 is 0 Å². The van der Waals surface area contributed by atoms with Crippen molar-refractivity contribution in [1.82, 2.24) is 4.90 Å². The molecule has 1 aliphatic heterocycles. The van der Waals surface area contributed by atoms with E-state index in [0.717, 1.165) is 24.8 Å². The molecule has 0 aromatic heterocycles. The molecule has 0 aliphatic carbocycles. The van der Waals surface area contributed by atoms with E-state index in [9.17, 15) is 0 Å². The molecule has 1 fully saturated rings. The van der Waals surface area contributed by atoms with Crippen molar-refractivity contribution in [2.45, 2.75) is 6.42 Å². The third-order valence-electron chi connectivity index (χ3n) is 2.12. The highest BCUT2D eigenvalue weighted by Gasteiger charge is 2.19. The molecule has 1 rings (SSSR count). The molecule has 1 unspecified atom stereocenters. The van der Waals surface area contributed by atoms with Crippen LogP contribution in [0.1, 0.15) is 6.42 Å². The Balaban J connectivity index is 2.15. The van der Waals surface area contributed by atoms with Crippen LogP contribution in [0.15, 0.2) is 0 Å². The summed E-state index contributed by atoms with van der Waals surface area (Å²) in [4.78, 5) is 2.44. The first-order valence-corrected chi connectivity index (χ1v) is 4.53. The number of hydrogen-bond donors (Lipinski definition) is 2. The fourth-order valence-corrected chi connectivity index (χ4v) is 1.73. The molecular weight excluding hydrogens is 144 g/mol. The van der Waals surface area contributed by atoms with Crippen LogP contribution in [0, 0.1) is 5.92 Å². The Hall–Kier alpha value is 0.270. The van der Waals surface area contributed by atoms with Gasteiger partial charge in [-0.25, -0.2) is 0 Å². The number of likely N-dealkylation sites (tertiary alicyclic amines) is 1. The van der Waals surface area contributed by atoms with Crippen molar-refractivity contribution in [1.29, 1.82) is 0 Å². The second-order valence-electron chi connectivity index (χ2n) is 2.91. The van der Waals surface area contributed by atoms with Gasteiger partial charge in [-0.2, -0.15) is 12.6 Å². The summed E-state index contributed by atoms with van der Waals surface area (Å²) in [7, 11) is 0. The highest BCUT2D eigenvalue weighted by Crippen LogP contribution is 2.13. The smallest absolute Gasteiger partial charge is 0.00700 e. The Morgan fingerprint density at radius 2 is 2.40 bits per heavy atom. The molecule has 1 atom stereocenters. The number of thiol groups is 1. The van der Waals surface area contributed by atoms with Crippen molar-refractivity contribution in [3.8, 4) is 0 Å². The molecule has 0 spiro atoms. The van der Waals surface area contributed by atoms with E-state index in [2.05, 4.69) is 17.5 Å². The average molecular weight is 160 g/mol. The average Bonchev–Trinajstić information content (AvgIpc) is 2.37. The quantitative estimate of drug-likeness (QED) is 0.577. The van der Waals surface area contributed by atoms with Gasteiger partial charge in [0.25, 0.3) is 0 Å². The predicted molar refractivity (Wildman–Crippen MR) is 47.5 cm³/mol. The largest absolute Gasteiger partial charge is 0.330 e.